The first-order chi connectivity index (χ1) is 13.1. The maximum absolute atomic E-state index is 13.5. The molecule has 7 nitrogen and oxygen atoms in total. The lowest BCUT2D eigenvalue weighted by Gasteiger charge is -2.11. The number of anilines is 1. The highest BCUT2D eigenvalue weighted by Crippen LogP contribution is 2.29. The number of carbonyl (C=O) groups is 1. The lowest BCUT2D eigenvalue weighted by atomic mass is 10.1. The summed E-state index contributed by atoms with van der Waals surface area (Å²) in [6.07, 6.45) is 2.98. The molecule has 3 rings (SSSR count). The topological polar surface area (TPSA) is 107 Å². The van der Waals surface area contributed by atoms with Crippen molar-refractivity contribution in [3.05, 3.63) is 65.2 Å². The molecule has 146 valence electrons. The predicted octanol–water partition coefficient (Wildman–Crippen LogP) is 2.71. The molecule has 0 aliphatic carbocycles. The van der Waals surface area contributed by atoms with Crippen LogP contribution in [0.15, 0.2) is 53.7 Å². The van der Waals surface area contributed by atoms with E-state index in [0.29, 0.717) is 16.7 Å². The predicted molar refractivity (Wildman–Crippen MR) is 104 cm³/mol. The monoisotopic (exact) mass is 422 g/mol. The van der Waals surface area contributed by atoms with Gasteiger partial charge < -0.3 is 5.32 Å². The molecule has 0 aliphatic rings. The van der Waals surface area contributed by atoms with Crippen LogP contribution in [0.5, 0.6) is 0 Å². The summed E-state index contributed by atoms with van der Waals surface area (Å²) in [6.45, 7) is 0. The summed E-state index contributed by atoms with van der Waals surface area (Å²) >= 11 is 5.86. The Hall–Kier alpha value is -2.75. The zero-order valence-electron chi connectivity index (χ0n) is 14.7. The van der Waals surface area contributed by atoms with E-state index in [2.05, 4.69) is 10.4 Å². The minimum atomic E-state index is -4.06. The second kappa shape index (κ2) is 7.70. The fourth-order valence-corrected chi connectivity index (χ4v) is 3.67. The molecule has 2 aromatic carbocycles. The van der Waals surface area contributed by atoms with E-state index >= 15 is 0 Å². The number of nitrogens with two attached hydrogens (primary N) is 1. The number of hydrogen-bond acceptors (Lipinski definition) is 4. The molecule has 0 bridgehead atoms. The molecule has 10 heteroatoms. The summed E-state index contributed by atoms with van der Waals surface area (Å²) in [5.74, 6) is -1.11. The molecule has 0 fully saturated rings. The average Bonchev–Trinajstić information content (AvgIpc) is 3.04. The minimum Gasteiger partial charge on any atom is -0.326 e. The van der Waals surface area contributed by atoms with E-state index in [0.717, 1.165) is 0 Å². The fraction of sp³-hybridized carbons (Fsp3) is 0.111. The summed E-state index contributed by atoms with van der Waals surface area (Å²) in [4.78, 5) is 12.1. The molecule has 1 aromatic heterocycles. The number of nitrogens with zero attached hydrogens (tertiary/aromatic N) is 2. The number of rotatable bonds is 5. The third-order valence-corrected chi connectivity index (χ3v) is 5.34. The van der Waals surface area contributed by atoms with Crippen molar-refractivity contribution in [3.8, 4) is 11.1 Å². The number of halogens is 2. The summed E-state index contributed by atoms with van der Waals surface area (Å²) in [6, 6.07) is 8.52. The summed E-state index contributed by atoms with van der Waals surface area (Å²) in [5, 5.41) is 11.8. The van der Waals surface area contributed by atoms with Gasteiger partial charge in [-0.1, -0.05) is 29.8 Å². The van der Waals surface area contributed by atoms with Crippen LogP contribution < -0.4 is 10.5 Å². The summed E-state index contributed by atoms with van der Waals surface area (Å²) < 4.78 is 39.1. The van der Waals surface area contributed by atoms with Crippen molar-refractivity contribution in [2.24, 2.45) is 12.2 Å². The first-order valence-electron chi connectivity index (χ1n) is 8.04. The van der Waals surface area contributed by atoms with Gasteiger partial charge in [0.1, 0.15) is 5.82 Å². The SMILES string of the molecule is Cn1cc(-c2ccc(NC(=O)Cc3cccc(F)c3Cl)cc2S(N)(=O)=O)cn1. The van der Waals surface area contributed by atoms with Crippen molar-refractivity contribution in [1.29, 1.82) is 0 Å². The van der Waals surface area contributed by atoms with E-state index in [4.69, 9.17) is 16.7 Å². The Labute approximate surface area is 166 Å². The normalized spacial score (nSPS) is 11.4. The number of aryl methyl sites for hydroxylation is 1. The zero-order chi connectivity index (χ0) is 20.5. The van der Waals surface area contributed by atoms with Crippen molar-refractivity contribution in [2.45, 2.75) is 11.3 Å². The number of sulfonamides is 1. The van der Waals surface area contributed by atoms with Gasteiger partial charge in [-0.15, -0.1) is 0 Å². The molecule has 1 amide bonds. The van der Waals surface area contributed by atoms with Crippen molar-refractivity contribution in [2.75, 3.05) is 5.32 Å². The number of primary sulfonamides is 1. The van der Waals surface area contributed by atoms with Gasteiger partial charge in [0.2, 0.25) is 15.9 Å². The fourth-order valence-electron chi connectivity index (χ4n) is 2.70. The lowest BCUT2D eigenvalue weighted by Crippen LogP contribution is -2.17. The Morgan fingerprint density at radius 1 is 1.32 bits per heavy atom. The molecular weight excluding hydrogens is 407 g/mol. The van der Waals surface area contributed by atoms with Crippen LogP contribution in [0.25, 0.3) is 11.1 Å². The van der Waals surface area contributed by atoms with Crippen molar-refractivity contribution < 1.29 is 17.6 Å². The lowest BCUT2D eigenvalue weighted by molar-refractivity contribution is -0.115. The van der Waals surface area contributed by atoms with Crippen LogP contribution in [0.4, 0.5) is 10.1 Å². The van der Waals surface area contributed by atoms with E-state index in [1.165, 1.54) is 41.2 Å². The molecule has 3 N–H and O–H groups in total. The standard InChI is InChI=1S/C18H16ClFN4O3S/c1-24-10-12(9-22-24)14-6-5-13(8-16(14)28(21,26)27)23-17(25)7-11-3-2-4-15(20)18(11)19/h2-6,8-10H,7H2,1H3,(H,23,25)(H2,21,26,27). The zero-order valence-corrected chi connectivity index (χ0v) is 16.3. The number of nitrogens with one attached hydrogen (secondary N) is 1. The third-order valence-electron chi connectivity index (χ3n) is 3.97. The van der Waals surface area contributed by atoms with E-state index < -0.39 is 21.7 Å². The van der Waals surface area contributed by atoms with Gasteiger partial charge in [-0.05, 0) is 23.8 Å². The Balaban J connectivity index is 1.89. The molecular formula is C18H16ClFN4O3S. The maximum atomic E-state index is 13.5. The summed E-state index contributed by atoms with van der Waals surface area (Å²) in [5.41, 5.74) is 1.48. The molecule has 28 heavy (non-hydrogen) atoms. The van der Waals surface area contributed by atoms with Crippen molar-refractivity contribution in [3.63, 3.8) is 0 Å². The molecule has 0 aliphatic heterocycles. The third kappa shape index (κ3) is 4.38. The Morgan fingerprint density at radius 2 is 2.07 bits per heavy atom. The van der Waals surface area contributed by atoms with Crippen LogP contribution in [0.2, 0.25) is 5.02 Å². The molecule has 0 saturated carbocycles. The molecule has 0 saturated heterocycles. The van der Waals surface area contributed by atoms with Crippen LogP contribution in [0.3, 0.4) is 0 Å². The average molecular weight is 423 g/mol. The first-order valence-corrected chi connectivity index (χ1v) is 9.96. The number of hydrogen-bond donors (Lipinski definition) is 2. The number of carbonyl (C=O) groups excluding carboxylic acids is 1. The highest BCUT2D eigenvalue weighted by molar-refractivity contribution is 7.89. The molecule has 0 spiro atoms. The minimum absolute atomic E-state index is 0.130. The van der Waals surface area contributed by atoms with Crippen LogP contribution in [0.1, 0.15) is 5.56 Å². The van der Waals surface area contributed by atoms with Gasteiger partial charge in [0.15, 0.2) is 0 Å². The number of benzene rings is 2. The van der Waals surface area contributed by atoms with Gasteiger partial charge in [0.05, 0.1) is 22.5 Å². The summed E-state index contributed by atoms with van der Waals surface area (Å²) in [7, 11) is -2.36. The quantitative estimate of drug-likeness (QED) is 0.659. The smallest absolute Gasteiger partial charge is 0.238 e. The van der Waals surface area contributed by atoms with Crippen molar-refractivity contribution >= 4 is 33.2 Å². The highest BCUT2D eigenvalue weighted by atomic mass is 35.5. The van der Waals surface area contributed by atoms with Crippen LogP contribution in [-0.2, 0) is 28.3 Å². The Morgan fingerprint density at radius 3 is 2.71 bits per heavy atom. The molecule has 0 unspecified atom stereocenters. The highest BCUT2D eigenvalue weighted by Gasteiger charge is 2.18. The number of amides is 1. The van der Waals surface area contributed by atoms with Gasteiger partial charge in [-0.2, -0.15) is 5.10 Å². The second-order valence-electron chi connectivity index (χ2n) is 6.10. The van der Waals surface area contributed by atoms with Gasteiger partial charge >= 0.3 is 0 Å². The van der Waals surface area contributed by atoms with E-state index in [1.807, 2.05) is 0 Å². The van der Waals surface area contributed by atoms with E-state index in [1.54, 1.807) is 19.3 Å². The maximum Gasteiger partial charge on any atom is 0.238 e. The van der Waals surface area contributed by atoms with Gasteiger partial charge in [0.25, 0.3) is 0 Å². The molecule has 0 radical (unpaired) electrons. The second-order valence-corrected chi connectivity index (χ2v) is 8.00. The van der Waals surface area contributed by atoms with Gasteiger partial charge in [-0.25, -0.2) is 17.9 Å². The van der Waals surface area contributed by atoms with E-state index in [9.17, 15) is 17.6 Å². The number of aromatic nitrogens is 2. The Kier molecular flexibility index (Phi) is 5.50. The van der Waals surface area contributed by atoms with Gasteiger partial charge in [0, 0.05) is 30.1 Å². The van der Waals surface area contributed by atoms with Crippen LogP contribution >= 0.6 is 11.6 Å². The molecule has 0 atom stereocenters. The van der Waals surface area contributed by atoms with E-state index in [-0.39, 0.29) is 22.0 Å². The van der Waals surface area contributed by atoms with Crippen LogP contribution in [0, 0.1) is 5.82 Å². The van der Waals surface area contributed by atoms with Gasteiger partial charge in [-0.3, -0.25) is 9.48 Å². The van der Waals surface area contributed by atoms with Crippen LogP contribution in [-0.4, -0.2) is 24.1 Å². The Bertz CT molecular complexity index is 1160. The van der Waals surface area contributed by atoms with Crippen molar-refractivity contribution in [1.82, 2.24) is 9.78 Å². The largest absolute Gasteiger partial charge is 0.326 e. The molecule has 1 heterocycles. The first kappa shape index (κ1) is 20.0. The molecule has 3 aromatic rings.